The van der Waals surface area contributed by atoms with Crippen molar-refractivity contribution in [2.75, 3.05) is 27.2 Å². The van der Waals surface area contributed by atoms with Crippen LogP contribution >= 0.6 is 7.60 Å². The van der Waals surface area contributed by atoms with Crippen molar-refractivity contribution >= 4 is 7.60 Å². The van der Waals surface area contributed by atoms with Gasteiger partial charge in [-0.15, -0.1) is 0 Å². The first kappa shape index (κ1) is 9.20. The topological polar surface area (TPSA) is 42.1 Å². The molecule has 1 aliphatic rings. The fraction of sp³-hybridized carbons (Fsp3) is 1.00. The zero-order valence-electron chi connectivity index (χ0n) is 7.11. The maximum atomic E-state index is 11.2. The molecule has 0 amide bonds. The largest absolute Gasteiger partial charge is 0.360 e. The van der Waals surface area contributed by atoms with E-state index in [9.17, 15) is 4.57 Å². The Balaban J connectivity index is 2.10. The van der Waals surface area contributed by atoms with E-state index in [4.69, 9.17) is 9.05 Å². The molecule has 5 heteroatoms. The molecule has 4 nitrogen and oxygen atoms in total. The predicted octanol–water partition coefficient (Wildman–Crippen LogP) is 1.13. The Bertz CT molecular complexity index is 183. The number of nitrogens with zero attached hydrogens (tertiary/aromatic N) is 1. The lowest BCUT2D eigenvalue weighted by Crippen LogP contribution is -2.16. The molecule has 0 bridgehead atoms. The Labute approximate surface area is 67.0 Å². The minimum atomic E-state index is -2.59. The van der Waals surface area contributed by atoms with Crippen LogP contribution in [0.25, 0.3) is 0 Å². The maximum Gasteiger partial charge on any atom is 0.360 e. The average Bonchev–Trinajstić information content (AvgIpc) is 2.39. The molecule has 1 unspecified atom stereocenters. The molecule has 1 aliphatic heterocycles. The molecule has 1 fully saturated rings. The minimum absolute atomic E-state index is 0.176. The number of hydrogen-bond donors (Lipinski definition) is 0. The third kappa shape index (κ3) is 2.56. The highest BCUT2D eigenvalue weighted by Gasteiger charge is 2.50. The van der Waals surface area contributed by atoms with Gasteiger partial charge in [0, 0.05) is 6.54 Å². The van der Waals surface area contributed by atoms with Crippen LogP contribution in [-0.4, -0.2) is 38.0 Å². The quantitative estimate of drug-likeness (QED) is 0.479. The molecule has 0 spiro atoms. The number of rotatable bonds is 4. The smallest absolute Gasteiger partial charge is 0.307 e. The Morgan fingerprint density at radius 2 is 2.18 bits per heavy atom. The van der Waals surface area contributed by atoms with Crippen molar-refractivity contribution in [3.8, 4) is 0 Å². The fourth-order valence-corrected chi connectivity index (χ4v) is 1.88. The van der Waals surface area contributed by atoms with E-state index in [2.05, 4.69) is 0 Å². The summed E-state index contributed by atoms with van der Waals surface area (Å²) in [5.74, 6) is -0.176. The van der Waals surface area contributed by atoms with Gasteiger partial charge >= 0.3 is 7.60 Å². The highest BCUT2D eigenvalue weighted by Crippen LogP contribution is 2.69. The van der Waals surface area contributed by atoms with E-state index in [0.717, 1.165) is 6.54 Å². The Morgan fingerprint density at radius 3 is 2.55 bits per heavy atom. The second-order valence-corrected chi connectivity index (χ2v) is 5.16. The third-order valence-electron chi connectivity index (χ3n) is 1.51. The second kappa shape index (κ2) is 3.23. The zero-order valence-corrected chi connectivity index (χ0v) is 8.01. The van der Waals surface area contributed by atoms with E-state index in [1.165, 1.54) is 0 Å². The fourth-order valence-electron chi connectivity index (χ4n) is 0.671. The summed E-state index contributed by atoms with van der Waals surface area (Å²) in [5, 5.41) is 0. The van der Waals surface area contributed by atoms with Crippen LogP contribution < -0.4 is 0 Å². The average molecular weight is 179 g/mol. The van der Waals surface area contributed by atoms with Gasteiger partial charge in [-0.05, 0) is 21.0 Å². The maximum absolute atomic E-state index is 11.2. The van der Waals surface area contributed by atoms with Crippen LogP contribution in [0, 0.1) is 0 Å². The lowest BCUT2D eigenvalue weighted by molar-refractivity contribution is 0.256. The molecular weight excluding hydrogens is 165 g/mol. The Morgan fingerprint density at radius 1 is 1.64 bits per heavy atom. The van der Waals surface area contributed by atoms with Crippen LogP contribution in [0.1, 0.15) is 6.92 Å². The van der Waals surface area contributed by atoms with Crippen molar-refractivity contribution in [1.29, 1.82) is 0 Å². The monoisotopic (exact) mass is 179 g/mol. The molecule has 11 heavy (non-hydrogen) atoms. The summed E-state index contributed by atoms with van der Waals surface area (Å²) in [7, 11) is 1.29. The molecule has 1 saturated heterocycles. The highest BCUT2D eigenvalue weighted by molar-refractivity contribution is 7.60. The number of hydrogen-bond acceptors (Lipinski definition) is 4. The van der Waals surface area contributed by atoms with Crippen molar-refractivity contribution in [2.24, 2.45) is 0 Å². The first-order valence-electron chi connectivity index (χ1n) is 3.62. The Hall–Kier alpha value is 0.110. The van der Waals surface area contributed by atoms with Crippen molar-refractivity contribution in [1.82, 2.24) is 4.90 Å². The molecule has 0 saturated carbocycles. The van der Waals surface area contributed by atoms with Gasteiger partial charge in [-0.1, -0.05) is 0 Å². The summed E-state index contributed by atoms with van der Waals surface area (Å²) in [5.41, 5.74) is 0. The summed E-state index contributed by atoms with van der Waals surface area (Å²) in [6.45, 7) is 3.02. The zero-order chi connectivity index (χ0) is 8.48. The van der Waals surface area contributed by atoms with E-state index in [1.54, 1.807) is 6.92 Å². The standard InChI is InChI=1S/C6H14NO3P/c1-6-10-11(6,8)9-5-4-7(2)3/h6H,4-5H2,1-3H3/t6-,11?/m0/s1. The van der Waals surface area contributed by atoms with Crippen molar-refractivity contribution in [2.45, 2.75) is 12.8 Å². The van der Waals surface area contributed by atoms with Crippen LogP contribution in [0.4, 0.5) is 0 Å². The van der Waals surface area contributed by atoms with Crippen molar-refractivity contribution in [3.63, 3.8) is 0 Å². The van der Waals surface area contributed by atoms with Gasteiger partial charge in [0.05, 0.1) is 6.61 Å². The lowest BCUT2D eigenvalue weighted by Gasteiger charge is -2.07. The molecule has 1 rings (SSSR count). The van der Waals surface area contributed by atoms with E-state index in [1.807, 2.05) is 19.0 Å². The van der Waals surface area contributed by atoms with Crippen LogP contribution in [0.3, 0.4) is 0 Å². The van der Waals surface area contributed by atoms with Gasteiger partial charge in [-0.2, -0.15) is 0 Å². The third-order valence-corrected chi connectivity index (χ3v) is 3.45. The van der Waals surface area contributed by atoms with Gasteiger partial charge in [0.1, 0.15) is 0 Å². The van der Waals surface area contributed by atoms with E-state index in [-0.39, 0.29) is 5.85 Å². The van der Waals surface area contributed by atoms with E-state index < -0.39 is 7.60 Å². The first-order chi connectivity index (χ1) is 5.04. The molecule has 0 aliphatic carbocycles. The summed E-state index contributed by atoms with van der Waals surface area (Å²) in [4.78, 5) is 1.97. The molecule has 0 aromatic heterocycles. The predicted molar refractivity (Wildman–Crippen MR) is 42.7 cm³/mol. The molecule has 0 radical (unpaired) electrons. The molecule has 2 atom stereocenters. The van der Waals surface area contributed by atoms with Crippen LogP contribution in [0.2, 0.25) is 0 Å². The second-order valence-electron chi connectivity index (χ2n) is 2.88. The van der Waals surface area contributed by atoms with Crippen LogP contribution in [-0.2, 0) is 13.6 Å². The summed E-state index contributed by atoms with van der Waals surface area (Å²) < 4.78 is 21.0. The van der Waals surface area contributed by atoms with Crippen molar-refractivity contribution < 1.29 is 13.6 Å². The van der Waals surface area contributed by atoms with Gasteiger partial charge < -0.3 is 9.42 Å². The van der Waals surface area contributed by atoms with Gasteiger partial charge in [0.15, 0.2) is 5.85 Å². The van der Waals surface area contributed by atoms with Crippen LogP contribution in [0.5, 0.6) is 0 Å². The van der Waals surface area contributed by atoms with Crippen molar-refractivity contribution in [3.05, 3.63) is 0 Å². The summed E-state index contributed by atoms with van der Waals surface area (Å²) in [6, 6.07) is 0. The molecular formula is C6H14NO3P. The van der Waals surface area contributed by atoms with Gasteiger partial charge in [0.25, 0.3) is 0 Å². The van der Waals surface area contributed by atoms with Crippen LogP contribution in [0.15, 0.2) is 0 Å². The highest BCUT2D eigenvalue weighted by atomic mass is 31.2. The molecule has 0 aromatic rings. The van der Waals surface area contributed by atoms with Gasteiger partial charge in [0.2, 0.25) is 0 Å². The van der Waals surface area contributed by atoms with E-state index >= 15 is 0 Å². The first-order valence-corrected chi connectivity index (χ1v) is 5.23. The number of likely N-dealkylation sites (N-methyl/N-ethyl adjacent to an activating group) is 1. The molecule has 0 N–H and O–H groups in total. The SMILES string of the molecule is C[C@H]1OP1(=O)OCCN(C)C. The van der Waals surface area contributed by atoms with Gasteiger partial charge in [-0.3, -0.25) is 9.09 Å². The molecule has 66 valence electrons. The van der Waals surface area contributed by atoms with Gasteiger partial charge in [-0.25, -0.2) is 0 Å². The normalized spacial score (nSPS) is 36.2. The summed E-state index contributed by atoms with van der Waals surface area (Å²) in [6.07, 6.45) is 0. The summed E-state index contributed by atoms with van der Waals surface area (Å²) >= 11 is 0. The molecule has 1 heterocycles. The van der Waals surface area contributed by atoms with E-state index in [0.29, 0.717) is 6.61 Å². The minimum Gasteiger partial charge on any atom is -0.307 e. The lowest BCUT2D eigenvalue weighted by atomic mass is 10.6. The Kier molecular flexibility index (Phi) is 2.70. The molecule has 0 aromatic carbocycles.